The Hall–Kier alpha value is -2.04. The molecule has 1 saturated heterocycles. The topological polar surface area (TPSA) is 52.7 Å². The van der Waals surface area contributed by atoms with E-state index in [9.17, 15) is 9.59 Å². The first kappa shape index (κ1) is 16.8. The summed E-state index contributed by atoms with van der Waals surface area (Å²) in [6.07, 6.45) is 4.09. The first-order chi connectivity index (χ1) is 11.6. The highest BCUT2D eigenvalue weighted by atomic mass is 16.2. The average Bonchev–Trinajstić information content (AvgIpc) is 2.76. The lowest BCUT2D eigenvalue weighted by Crippen LogP contribution is -2.47. The Kier molecular flexibility index (Phi) is 5.07. The molecule has 0 radical (unpaired) electrons. The maximum atomic E-state index is 12.8. The molecule has 2 aliphatic rings. The van der Waals surface area contributed by atoms with E-state index in [1.54, 1.807) is 4.90 Å². The number of nitrogens with zero attached hydrogens (tertiary/aromatic N) is 2. The second-order valence-corrected chi connectivity index (χ2v) is 6.82. The van der Waals surface area contributed by atoms with E-state index in [1.807, 2.05) is 6.92 Å². The van der Waals surface area contributed by atoms with Crippen molar-refractivity contribution in [2.24, 2.45) is 0 Å². The summed E-state index contributed by atoms with van der Waals surface area (Å²) in [5.74, 6) is 0.0402. The zero-order valence-corrected chi connectivity index (χ0v) is 14.7. The van der Waals surface area contributed by atoms with E-state index >= 15 is 0 Å². The zero-order chi connectivity index (χ0) is 17.1. The zero-order valence-electron chi connectivity index (χ0n) is 14.7. The minimum absolute atomic E-state index is 0.0181. The number of fused-ring (bicyclic) bond motifs is 1. The standard InChI is InChI=1S/C19H27N3O2/c1-3-16-19(24)20-9-5-11-22(16)18(23)13-14-7-8-17-15(12-14)6-4-10-21(17)2/h7-8,12,16H,3-6,9-11,13H2,1-2H3,(H,20,24)/t16-/m0/s1. The molecular weight excluding hydrogens is 302 g/mol. The molecule has 0 saturated carbocycles. The van der Waals surface area contributed by atoms with Crippen molar-refractivity contribution in [1.29, 1.82) is 0 Å². The molecule has 1 aromatic rings. The van der Waals surface area contributed by atoms with Gasteiger partial charge in [-0.15, -0.1) is 0 Å². The summed E-state index contributed by atoms with van der Waals surface area (Å²) < 4.78 is 0. The van der Waals surface area contributed by atoms with Crippen LogP contribution in [-0.2, 0) is 22.4 Å². The molecule has 0 unspecified atom stereocenters. The number of hydrogen-bond acceptors (Lipinski definition) is 3. The molecule has 2 amide bonds. The van der Waals surface area contributed by atoms with Crippen LogP contribution in [0.3, 0.4) is 0 Å². The van der Waals surface area contributed by atoms with Crippen LogP contribution in [0.2, 0.25) is 0 Å². The number of nitrogens with one attached hydrogen (secondary N) is 1. The first-order valence-corrected chi connectivity index (χ1v) is 9.00. The minimum atomic E-state index is -0.330. The third-order valence-electron chi connectivity index (χ3n) is 5.11. The third kappa shape index (κ3) is 3.40. The van der Waals surface area contributed by atoms with Gasteiger partial charge in [0, 0.05) is 32.4 Å². The lowest BCUT2D eigenvalue weighted by molar-refractivity contribution is -0.139. The van der Waals surface area contributed by atoms with Crippen molar-refractivity contribution in [2.45, 2.75) is 45.1 Å². The highest BCUT2D eigenvalue weighted by molar-refractivity contribution is 5.88. The van der Waals surface area contributed by atoms with Gasteiger partial charge in [-0.05, 0) is 42.9 Å². The number of carbonyl (C=O) groups is 2. The lowest BCUT2D eigenvalue weighted by atomic mass is 9.98. The Labute approximate surface area is 144 Å². The number of amides is 2. The van der Waals surface area contributed by atoms with Gasteiger partial charge in [0.25, 0.3) is 0 Å². The Morgan fingerprint density at radius 3 is 2.92 bits per heavy atom. The maximum Gasteiger partial charge on any atom is 0.242 e. The van der Waals surface area contributed by atoms with E-state index in [0.717, 1.165) is 31.4 Å². The van der Waals surface area contributed by atoms with Crippen LogP contribution in [0.1, 0.15) is 37.3 Å². The number of rotatable bonds is 3. The van der Waals surface area contributed by atoms with E-state index in [0.29, 0.717) is 25.9 Å². The van der Waals surface area contributed by atoms with Gasteiger partial charge in [-0.1, -0.05) is 19.1 Å². The molecular formula is C19H27N3O2. The number of hydrogen-bond donors (Lipinski definition) is 1. The van der Waals surface area contributed by atoms with Crippen molar-refractivity contribution in [3.63, 3.8) is 0 Å². The summed E-state index contributed by atoms with van der Waals surface area (Å²) in [4.78, 5) is 29.0. The highest BCUT2D eigenvalue weighted by Crippen LogP contribution is 2.27. The maximum absolute atomic E-state index is 12.8. The van der Waals surface area contributed by atoms with Crippen molar-refractivity contribution in [1.82, 2.24) is 10.2 Å². The van der Waals surface area contributed by atoms with Gasteiger partial charge in [-0.2, -0.15) is 0 Å². The normalized spacial score (nSPS) is 21.1. The van der Waals surface area contributed by atoms with Gasteiger partial charge in [0.05, 0.1) is 6.42 Å². The molecule has 1 aromatic carbocycles. The summed E-state index contributed by atoms with van der Waals surface area (Å²) >= 11 is 0. The van der Waals surface area contributed by atoms with Gasteiger partial charge in [0.15, 0.2) is 0 Å². The van der Waals surface area contributed by atoms with Gasteiger partial charge in [0.1, 0.15) is 6.04 Å². The molecule has 2 heterocycles. The molecule has 2 aliphatic heterocycles. The fourth-order valence-electron chi connectivity index (χ4n) is 3.81. The number of carbonyl (C=O) groups excluding carboxylic acids is 2. The van der Waals surface area contributed by atoms with Crippen LogP contribution in [0.15, 0.2) is 18.2 Å². The van der Waals surface area contributed by atoms with Crippen LogP contribution in [0.25, 0.3) is 0 Å². The van der Waals surface area contributed by atoms with Crippen LogP contribution < -0.4 is 10.2 Å². The largest absolute Gasteiger partial charge is 0.374 e. The fourth-order valence-corrected chi connectivity index (χ4v) is 3.81. The lowest BCUT2D eigenvalue weighted by Gasteiger charge is -2.29. The summed E-state index contributed by atoms with van der Waals surface area (Å²) in [6, 6.07) is 6.02. The van der Waals surface area contributed by atoms with Crippen molar-refractivity contribution >= 4 is 17.5 Å². The molecule has 24 heavy (non-hydrogen) atoms. The fraction of sp³-hybridized carbons (Fsp3) is 0.579. The Bertz CT molecular complexity index is 629. The first-order valence-electron chi connectivity index (χ1n) is 9.00. The van der Waals surface area contributed by atoms with Crippen LogP contribution in [0.5, 0.6) is 0 Å². The predicted octanol–water partition coefficient (Wildman–Crippen LogP) is 1.74. The van der Waals surface area contributed by atoms with E-state index < -0.39 is 0 Å². The molecule has 130 valence electrons. The molecule has 5 heteroatoms. The van der Waals surface area contributed by atoms with E-state index in [2.05, 4.69) is 35.5 Å². The van der Waals surface area contributed by atoms with Crippen molar-refractivity contribution < 1.29 is 9.59 Å². The quantitative estimate of drug-likeness (QED) is 0.919. The molecule has 5 nitrogen and oxygen atoms in total. The molecule has 0 aromatic heterocycles. The molecule has 0 spiro atoms. The van der Waals surface area contributed by atoms with Crippen LogP contribution in [0.4, 0.5) is 5.69 Å². The highest BCUT2D eigenvalue weighted by Gasteiger charge is 2.30. The van der Waals surface area contributed by atoms with Gasteiger partial charge in [0.2, 0.25) is 11.8 Å². The van der Waals surface area contributed by atoms with E-state index in [1.165, 1.54) is 11.3 Å². The van der Waals surface area contributed by atoms with Gasteiger partial charge in [-0.25, -0.2) is 0 Å². The monoisotopic (exact) mass is 329 g/mol. The van der Waals surface area contributed by atoms with E-state index in [-0.39, 0.29) is 17.9 Å². The van der Waals surface area contributed by atoms with Crippen molar-refractivity contribution in [2.75, 3.05) is 31.6 Å². The van der Waals surface area contributed by atoms with Crippen LogP contribution in [0, 0.1) is 0 Å². The minimum Gasteiger partial charge on any atom is -0.374 e. The molecule has 1 fully saturated rings. The Morgan fingerprint density at radius 2 is 2.12 bits per heavy atom. The SMILES string of the molecule is CC[C@H]1C(=O)NCCCN1C(=O)Cc1ccc2c(c1)CCCN2C. The second-order valence-electron chi connectivity index (χ2n) is 6.82. The smallest absolute Gasteiger partial charge is 0.242 e. The summed E-state index contributed by atoms with van der Waals surface area (Å²) in [5.41, 5.74) is 3.65. The van der Waals surface area contributed by atoms with Gasteiger partial charge < -0.3 is 15.1 Å². The summed E-state index contributed by atoms with van der Waals surface area (Å²) in [7, 11) is 2.12. The number of benzene rings is 1. The predicted molar refractivity (Wildman–Crippen MR) is 95.2 cm³/mol. The molecule has 0 aliphatic carbocycles. The van der Waals surface area contributed by atoms with E-state index in [4.69, 9.17) is 0 Å². The van der Waals surface area contributed by atoms with Crippen LogP contribution in [-0.4, -0.2) is 49.4 Å². The summed E-state index contributed by atoms with van der Waals surface area (Å²) in [5, 5.41) is 2.90. The van der Waals surface area contributed by atoms with Gasteiger partial charge >= 0.3 is 0 Å². The number of anilines is 1. The van der Waals surface area contributed by atoms with Crippen molar-refractivity contribution in [3.05, 3.63) is 29.3 Å². The van der Waals surface area contributed by atoms with Gasteiger partial charge in [-0.3, -0.25) is 9.59 Å². The Balaban J connectivity index is 1.75. The molecule has 1 N–H and O–H groups in total. The molecule has 0 bridgehead atoms. The molecule has 3 rings (SSSR count). The van der Waals surface area contributed by atoms with Crippen molar-refractivity contribution in [3.8, 4) is 0 Å². The Morgan fingerprint density at radius 1 is 1.29 bits per heavy atom. The molecule has 1 atom stereocenters. The summed E-state index contributed by atoms with van der Waals surface area (Å²) in [6.45, 7) is 4.37. The third-order valence-corrected chi connectivity index (χ3v) is 5.11. The van der Waals surface area contributed by atoms with Crippen LogP contribution >= 0.6 is 0 Å². The average molecular weight is 329 g/mol. The number of aryl methyl sites for hydroxylation is 1. The second kappa shape index (κ2) is 7.24.